The fraction of sp³-hybridized carbons (Fsp3) is 1.00. The number of hydrogen-bond donors (Lipinski definition) is 1. The molecular weight excluding hydrogens is 220 g/mol. The van der Waals surface area contributed by atoms with Crippen molar-refractivity contribution in [2.75, 3.05) is 19.6 Å². The molecular formula is C16H34N2. The summed E-state index contributed by atoms with van der Waals surface area (Å²) < 4.78 is 0. The first-order valence-electron chi connectivity index (χ1n) is 8.01. The summed E-state index contributed by atoms with van der Waals surface area (Å²) in [5, 5.41) is 0. The van der Waals surface area contributed by atoms with E-state index in [1.165, 1.54) is 58.0 Å². The van der Waals surface area contributed by atoms with Crippen LogP contribution in [0.1, 0.15) is 72.6 Å². The minimum atomic E-state index is 0.237. The summed E-state index contributed by atoms with van der Waals surface area (Å²) in [6.07, 6.45) is 9.23. The molecule has 0 radical (unpaired) electrons. The predicted molar refractivity (Wildman–Crippen MR) is 80.8 cm³/mol. The van der Waals surface area contributed by atoms with Gasteiger partial charge in [0.1, 0.15) is 0 Å². The summed E-state index contributed by atoms with van der Waals surface area (Å²) in [7, 11) is 0. The largest absolute Gasteiger partial charge is 0.329 e. The van der Waals surface area contributed by atoms with Crippen LogP contribution >= 0.6 is 0 Å². The molecule has 108 valence electrons. The second-order valence-corrected chi connectivity index (χ2v) is 6.54. The van der Waals surface area contributed by atoms with Crippen molar-refractivity contribution in [2.45, 2.75) is 78.2 Å². The van der Waals surface area contributed by atoms with Crippen molar-refractivity contribution in [1.82, 2.24) is 4.90 Å². The van der Waals surface area contributed by atoms with Gasteiger partial charge in [-0.05, 0) is 44.6 Å². The van der Waals surface area contributed by atoms with Gasteiger partial charge in [-0.25, -0.2) is 0 Å². The summed E-state index contributed by atoms with van der Waals surface area (Å²) in [6.45, 7) is 12.7. The molecule has 0 bridgehead atoms. The van der Waals surface area contributed by atoms with E-state index in [-0.39, 0.29) is 5.54 Å². The number of unbranched alkanes of at least 4 members (excludes halogenated alkanes) is 2. The molecule has 1 aliphatic heterocycles. The SMILES string of the molecule is CCCCCC(C)(CN)N1CCC(CC)(CC)C1. The Morgan fingerprint density at radius 2 is 1.83 bits per heavy atom. The lowest BCUT2D eigenvalue weighted by Crippen LogP contribution is -2.51. The standard InChI is InChI=1S/C16H34N2/c1-5-8-9-10-15(4,13-17)18-12-11-16(6-2,7-3)14-18/h5-14,17H2,1-4H3. The molecule has 0 amide bonds. The highest BCUT2D eigenvalue weighted by Crippen LogP contribution is 2.40. The first kappa shape index (κ1) is 16.0. The molecule has 0 aromatic carbocycles. The summed E-state index contributed by atoms with van der Waals surface area (Å²) in [5.74, 6) is 0. The Morgan fingerprint density at radius 3 is 2.28 bits per heavy atom. The predicted octanol–water partition coefficient (Wildman–Crippen LogP) is 3.80. The maximum Gasteiger partial charge on any atom is 0.0303 e. The van der Waals surface area contributed by atoms with Gasteiger partial charge in [-0.2, -0.15) is 0 Å². The third-order valence-corrected chi connectivity index (χ3v) is 5.46. The van der Waals surface area contributed by atoms with Crippen molar-refractivity contribution in [3.8, 4) is 0 Å². The van der Waals surface area contributed by atoms with Crippen molar-refractivity contribution in [1.29, 1.82) is 0 Å². The summed E-state index contributed by atoms with van der Waals surface area (Å²) in [5.41, 5.74) is 6.91. The average Bonchev–Trinajstić information content (AvgIpc) is 2.84. The van der Waals surface area contributed by atoms with E-state index >= 15 is 0 Å². The van der Waals surface area contributed by atoms with E-state index in [9.17, 15) is 0 Å². The number of nitrogens with two attached hydrogens (primary N) is 1. The molecule has 2 heteroatoms. The normalized spacial score (nSPS) is 23.2. The van der Waals surface area contributed by atoms with Crippen LogP contribution in [0.25, 0.3) is 0 Å². The minimum Gasteiger partial charge on any atom is -0.329 e. The Bertz CT molecular complexity index is 235. The van der Waals surface area contributed by atoms with Crippen LogP contribution in [0.15, 0.2) is 0 Å². The number of rotatable bonds is 8. The van der Waals surface area contributed by atoms with Crippen molar-refractivity contribution in [3.05, 3.63) is 0 Å². The zero-order valence-electron chi connectivity index (χ0n) is 13.1. The molecule has 0 aliphatic carbocycles. The lowest BCUT2D eigenvalue weighted by Gasteiger charge is -2.40. The van der Waals surface area contributed by atoms with Gasteiger partial charge in [-0.15, -0.1) is 0 Å². The zero-order chi connectivity index (χ0) is 13.6. The maximum atomic E-state index is 6.10. The molecule has 2 N–H and O–H groups in total. The van der Waals surface area contributed by atoms with Crippen molar-refractivity contribution in [2.24, 2.45) is 11.1 Å². The second-order valence-electron chi connectivity index (χ2n) is 6.54. The van der Waals surface area contributed by atoms with Gasteiger partial charge < -0.3 is 5.73 Å². The van der Waals surface area contributed by atoms with Crippen LogP contribution in [0.5, 0.6) is 0 Å². The molecule has 18 heavy (non-hydrogen) atoms. The highest BCUT2D eigenvalue weighted by molar-refractivity contribution is 4.97. The number of nitrogens with zero attached hydrogens (tertiary/aromatic N) is 1. The Balaban J connectivity index is 2.61. The second kappa shape index (κ2) is 6.91. The molecule has 0 spiro atoms. The molecule has 2 nitrogen and oxygen atoms in total. The molecule has 1 fully saturated rings. The van der Waals surface area contributed by atoms with Crippen LogP contribution in [-0.4, -0.2) is 30.1 Å². The molecule has 0 aromatic heterocycles. The van der Waals surface area contributed by atoms with E-state index in [1.807, 2.05) is 0 Å². The minimum absolute atomic E-state index is 0.237. The van der Waals surface area contributed by atoms with Gasteiger partial charge in [0.25, 0.3) is 0 Å². The molecule has 1 atom stereocenters. The zero-order valence-corrected chi connectivity index (χ0v) is 13.1. The quantitative estimate of drug-likeness (QED) is 0.668. The van der Waals surface area contributed by atoms with E-state index in [4.69, 9.17) is 5.73 Å². The van der Waals surface area contributed by atoms with Crippen molar-refractivity contribution in [3.63, 3.8) is 0 Å². The molecule has 1 rings (SSSR count). The monoisotopic (exact) mass is 254 g/mol. The summed E-state index contributed by atoms with van der Waals surface area (Å²) in [6, 6.07) is 0. The Kier molecular flexibility index (Phi) is 6.13. The molecule has 1 aliphatic rings. The van der Waals surface area contributed by atoms with Gasteiger partial charge in [-0.1, -0.05) is 40.0 Å². The molecule has 1 unspecified atom stereocenters. The van der Waals surface area contributed by atoms with Gasteiger partial charge in [0.05, 0.1) is 0 Å². The van der Waals surface area contributed by atoms with E-state index < -0.39 is 0 Å². The van der Waals surface area contributed by atoms with Gasteiger partial charge in [0, 0.05) is 18.6 Å². The highest BCUT2D eigenvalue weighted by atomic mass is 15.2. The van der Waals surface area contributed by atoms with Gasteiger partial charge in [0.2, 0.25) is 0 Å². The molecule has 1 heterocycles. The third-order valence-electron chi connectivity index (χ3n) is 5.46. The van der Waals surface area contributed by atoms with E-state index in [0.29, 0.717) is 5.41 Å². The molecule has 0 saturated carbocycles. The smallest absolute Gasteiger partial charge is 0.0303 e. The Labute approximate surface area is 114 Å². The van der Waals surface area contributed by atoms with Crippen LogP contribution in [0.2, 0.25) is 0 Å². The maximum absolute atomic E-state index is 6.10. The lowest BCUT2D eigenvalue weighted by molar-refractivity contribution is 0.107. The van der Waals surface area contributed by atoms with E-state index in [0.717, 1.165) is 6.54 Å². The fourth-order valence-corrected chi connectivity index (χ4v) is 3.37. The Hall–Kier alpha value is -0.0800. The van der Waals surface area contributed by atoms with Crippen LogP contribution in [0.4, 0.5) is 0 Å². The van der Waals surface area contributed by atoms with Crippen LogP contribution in [0, 0.1) is 5.41 Å². The van der Waals surface area contributed by atoms with Gasteiger partial charge >= 0.3 is 0 Å². The lowest BCUT2D eigenvalue weighted by atomic mass is 9.81. The van der Waals surface area contributed by atoms with Crippen molar-refractivity contribution >= 4 is 0 Å². The third kappa shape index (κ3) is 3.48. The number of hydrogen-bond acceptors (Lipinski definition) is 2. The van der Waals surface area contributed by atoms with Gasteiger partial charge in [-0.3, -0.25) is 4.90 Å². The highest BCUT2D eigenvalue weighted by Gasteiger charge is 2.41. The molecule has 0 aromatic rings. The summed E-state index contributed by atoms with van der Waals surface area (Å²) in [4.78, 5) is 2.69. The van der Waals surface area contributed by atoms with Gasteiger partial charge in [0.15, 0.2) is 0 Å². The van der Waals surface area contributed by atoms with E-state index in [2.05, 4.69) is 32.6 Å². The summed E-state index contributed by atoms with van der Waals surface area (Å²) >= 11 is 0. The first-order valence-corrected chi connectivity index (χ1v) is 8.01. The Morgan fingerprint density at radius 1 is 1.17 bits per heavy atom. The number of likely N-dealkylation sites (tertiary alicyclic amines) is 1. The average molecular weight is 254 g/mol. The van der Waals surface area contributed by atoms with Crippen LogP contribution < -0.4 is 5.73 Å². The van der Waals surface area contributed by atoms with E-state index in [1.54, 1.807) is 0 Å². The van der Waals surface area contributed by atoms with Crippen molar-refractivity contribution < 1.29 is 0 Å². The first-order chi connectivity index (χ1) is 8.55. The topological polar surface area (TPSA) is 29.3 Å². The molecule has 1 saturated heterocycles. The van der Waals surface area contributed by atoms with Crippen LogP contribution in [-0.2, 0) is 0 Å². The fourth-order valence-electron chi connectivity index (χ4n) is 3.37. The van der Waals surface area contributed by atoms with Crippen LogP contribution in [0.3, 0.4) is 0 Å².